The molecule has 118 valence electrons. The number of sulfonamides is 1. The molecule has 0 radical (unpaired) electrons. The van der Waals surface area contributed by atoms with Crippen LogP contribution in [0.4, 0.5) is 0 Å². The molecule has 0 bridgehead atoms. The molecule has 21 heavy (non-hydrogen) atoms. The molecule has 1 aromatic rings. The molecule has 0 aliphatic carbocycles. The fourth-order valence-corrected chi connectivity index (χ4v) is 5.40. The maximum Gasteiger partial charge on any atom is 0.211 e. The second kappa shape index (κ2) is 5.37. The zero-order chi connectivity index (χ0) is 15.1. The van der Waals surface area contributed by atoms with E-state index in [-0.39, 0.29) is 5.54 Å². The van der Waals surface area contributed by atoms with Crippen LogP contribution in [0.15, 0.2) is 12.4 Å². The number of aryl methyl sites for hydroxylation is 1. The quantitative estimate of drug-likeness (QED) is 0.829. The first kappa shape index (κ1) is 15.0. The Labute approximate surface area is 126 Å². The first-order valence-corrected chi connectivity index (χ1v) is 9.42. The topological polar surface area (TPSA) is 58.4 Å². The maximum absolute atomic E-state index is 12.1. The van der Waals surface area contributed by atoms with Crippen LogP contribution in [0.5, 0.6) is 0 Å². The van der Waals surface area contributed by atoms with E-state index in [2.05, 4.69) is 10.00 Å². The molecule has 3 heterocycles. The van der Waals surface area contributed by atoms with Crippen LogP contribution in [-0.4, -0.2) is 58.8 Å². The zero-order valence-electron chi connectivity index (χ0n) is 12.8. The summed E-state index contributed by atoms with van der Waals surface area (Å²) in [4.78, 5) is 2.38. The normalized spacial score (nSPS) is 28.5. The minimum atomic E-state index is -3.11. The first-order chi connectivity index (χ1) is 9.89. The molecule has 7 heteroatoms. The molecule has 2 fully saturated rings. The fourth-order valence-electron chi connectivity index (χ4n) is 3.99. The number of aromatic nitrogens is 2. The summed E-state index contributed by atoms with van der Waals surface area (Å²) >= 11 is 0. The Kier molecular flexibility index (Phi) is 3.83. The van der Waals surface area contributed by atoms with Gasteiger partial charge in [-0.1, -0.05) is 0 Å². The minimum Gasteiger partial charge on any atom is -0.297 e. The molecule has 1 spiro atoms. The minimum absolute atomic E-state index is 0.173. The van der Waals surface area contributed by atoms with E-state index in [0.29, 0.717) is 6.54 Å². The van der Waals surface area contributed by atoms with Crippen molar-refractivity contribution in [3.05, 3.63) is 18.0 Å². The summed E-state index contributed by atoms with van der Waals surface area (Å²) in [5.41, 5.74) is 1.02. The van der Waals surface area contributed by atoms with Crippen molar-refractivity contribution in [2.24, 2.45) is 7.05 Å². The maximum atomic E-state index is 12.1. The lowest BCUT2D eigenvalue weighted by Gasteiger charge is -2.44. The molecule has 0 unspecified atom stereocenters. The van der Waals surface area contributed by atoms with Gasteiger partial charge in [0, 0.05) is 44.0 Å². The van der Waals surface area contributed by atoms with E-state index < -0.39 is 10.0 Å². The van der Waals surface area contributed by atoms with Gasteiger partial charge in [0.05, 0.1) is 12.5 Å². The lowest BCUT2D eigenvalue weighted by molar-refractivity contribution is 0.0841. The Morgan fingerprint density at radius 2 is 2.00 bits per heavy atom. The van der Waals surface area contributed by atoms with Gasteiger partial charge >= 0.3 is 0 Å². The zero-order valence-corrected chi connectivity index (χ0v) is 13.6. The Morgan fingerprint density at radius 1 is 1.29 bits per heavy atom. The van der Waals surface area contributed by atoms with Gasteiger partial charge in [-0.3, -0.25) is 9.58 Å². The summed E-state index contributed by atoms with van der Waals surface area (Å²) in [6, 6.07) is 0. The SMILES string of the molecule is Cn1cc(CN2CCC[C@]3(CCCN3S(C)(=O)=O)C2)cn1. The van der Waals surface area contributed by atoms with Crippen LogP contribution in [0, 0.1) is 0 Å². The summed E-state index contributed by atoms with van der Waals surface area (Å²) in [6.45, 7) is 3.41. The third kappa shape index (κ3) is 3.00. The molecule has 2 saturated heterocycles. The lowest BCUT2D eigenvalue weighted by Crippen LogP contribution is -2.56. The molecule has 2 aliphatic rings. The standard InChI is InChI=1S/C14H24N4O2S/c1-16-10-13(9-15-16)11-17-7-3-5-14(12-17)6-4-8-18(14)21(2,19)20/h9-10H,3-8,11-12H2,1-2H3/t14-/m0/s1. The van der Waals surface area contributed by atoms with Gasteiger partial charge in [-0.15, -0.1) is 0 Å². The number of nitrogens with zero attached hydrogens (tertiary/aromatic N) is 4. The van der Waals surface area contributed by atoms with Gasteiger partial charge in [-0.05, 0) is 32.2 Å². The van der Waals surface area contributed by atoms with E-state index in [1.165, 1.54) is 11.8 Å². The molecule has 2 aliphatic heterocycles. The van der Waals surface area contributed by atoms with Gasteiger partial charge in [0.2, 0.25) is 10.0 Å². The number of likely N-dealkylation sites (tertiary alicyclic amines) is 1. The summed E-state index contributed by atoms with van der Waals surface area (Å²) in [6.07, 6.45) is 9.29. The molecule has 0 aromatic carbocycles. The van der Waals surface area contributed by atoms with Crippen LogP contribution in [0.2, 0.25) is 0 Å². The average Bonchev–Trinajstić information content (AvgIpc) is 2.96. The van der Waals surface area contributed by atoms with Crippen LogP contribution < -0.4 is 0 Å². The number of hydrogen-bond acceptors (Lipinski definition) is 4. The van der Waals surface area contributed by atoms with Crippen molar-refractivity contribution < 1.29 is 8.42 Å². The summed E-state index contributed by atoms with van der Waals surface area (Å²) < 4.78 is 27.7. The molecule has 3 rings (SSSR count). The predicted octanol–water partition coefficient (Wildman–Crippen LogP) is 0.810. The summed E-state index contributed by atoms with van der Waals surface area (Å²) in [7, 11) is -1.19. The van der Waals surface area contributed by atoms with Crippen LogP contribution >= 0.6 is 0 Å². The predicted molar refractivity (Wildman–Crippen MR) is 81.2 cm³/mol. The Morgan fingerprint density at radius 3 is 2.62 bits per heavy atom. The number of hydrogen-bond donors (Lipinski definition) is 0. The average molecular weight is 312 g/mol. The van der Waals surface area contributed by atoms with Gasteiger partial charge in [-0.2, -0.15) is 9.40 Å². The second-order valence-electron chi connectivity index (χ2n) is 6.50. The van der Waals surface area contributed by atoms with E-state index in [1.54, 1.807) is 4.31 Å². The fraction of sp³-hybridized carbons (Fsp3) is 0.786. The highest BCUT2D eigenvalue weighted by Gasteiger charge is 2.47. The van der Waals surface area contributed by atoms with Gasteiger partial charge in [-0.25, -0.2) is 8.42 Å². The Balaban J connectivity index is 1.76. The van der Waals surface area contributed by atoms with E-state index >= 15 is 0 Å². The van der Waals surface area contributed by atoms with Crippen molar-refractivity contribution >= 4 is 10.0 Å². The Bertz CT molecular complexity index is 612. The van der Waals surface area contributed by atoms with Crippen LogP contribution in [0.1, 0.15) is 31.2 Å². The van der Waals surface area contributed by atoms with Gasteiger partial charge in [0.25, 0.3) is 0 Å². The van der Waals surface area contributed by atoms with Crippen LogP contribution in [0.3, 0.4) is 0 Å². The molecule has 0 amide bonds. The monoisotopic (exact) mass is 312 g/mol. The van der Waals surface area contributed by atoms with Crippen molar-refractivity contribution in [2.45, 2.75) is 37.8 Å². The van der Waals surface area contributed by atoms with Gasteiger partial charge < -0.3 is 0 Å². The van der Waals surface area contributed by atoms with E-state index in [9.17, 15) is 8.42 Å². The highest BCUT2D eigenvalue weighted by atomic mass is 32.2. The second-order valence-corrected chi connectivity index (χ2v) is 8.41. The number of piperidine rings is 1. The first-order valence-electron chi connectivity index (χ1n) is 7.57. The third-order valence-electron chi connectivity index (χ3n) is 4.73. The molecule has 0 saturated carbocycles. The smallest absolute Gasteiger partial charge is 0.211 e. The lowest BCUT2D eigenvalue weighted by atomic mass is 9.87. The summed E-state index contributed by atoms with van der Waals surface area (Å²) in [5, 5.41) is 4.21. The van der Waals surface area contributed by atoms with Crippen molar-refractivity contribution in [1.82, 2.24) is 19.0 Å². The largest absolute Gasteiger partial charge is 0.297 e. The molecular weight excluding hydrogens is 288 g/mol. The van der Waals surface area contributed by atoms with Crippen molar-refractivity contribution in [3.8, 4) is 0 Å². The molecule has 6 nitrogen and oxygen atoms in total. The van der Waals surface area contributed by atoms with Crippen molar-refractivity contribution in [2.75, 3.05) is 25.9 Å². The van der Waals surface area contributed by atoms with Crippen LogP contribution in [0.25, 0.3) is 0 Å². The third-order valence-corrected chi connectivity index (χ3v) is 6.10. The van der Waals surface area contributed by atoms with E-state index in [0.717, 1.165) is 45.3 Å². The van der Waals surface area contributed by atoms with Crippen molar-refractivity contribution in [1.29, 1.82) is 0 Å². The highest BCUT2D eigenvalue weighted by Crippen LogP contribution is 2.39. The Hall–Kier alpha value is -0.920. The number of rotatable bonds is 3. The van der Waals surface area contributed by atoms with Gasteiger partial charge in [0.15, 0.2) is 0 Å². The van der Waals surface area contributed by atoms with Gasteiger partial charge in [0.1, 0.15) is 0 Å². The molecular formula is C14H24N4O2S. The molecule has 1 aromatic heterocycles. The highest BCUT2D eigenvalue weighted by molar-refractivity contribution is 7.88. The van der Waals surface area contributed by atoms with E-state index in [1.807, 2.05) is 24.1 Å². The van der Waals surface area contributed by atoms with E-state index in [4.69, 9.17) is 0 Å². The van der Waals surface area contributed by atoms with Crippen LogP contribution in [-0.2, 0) is 23.6 Å². The molecule has 1 atom stereocenters. The van der Waals surface area contributed by atoms with Crippen molar-refractivity contribution in [3.63, 3.8) is 0 Å². The molecule has 0 N–H and O–H groups in total. The summed E-state index contributed by atoms with van der Waals surface area (Å²) in [5.74, 6) is 0.